The smallest absolute Gasteiger partial charge is 0.303 e. The first kappa shape index (κ1) is 10.5. The fourth-order valence-electron chi connectivity index (χ4n) is 0.983. The highest BCUT2D eigenvalue weighted by Gasteiger charge is 2.08. The molecule has 0 aliphatic carbocycles. The molecule has 0 aliphatic heterocycles. The van der Waals surface area contributed by atoms with Gasteiger partial charge in [-0.1, -0.05) is 0 Å². The zero-order valence-electron chi connectivity index (χ0n) is 7.48. The molecule has 1 aromatic heterocycles. The molecule has 1 unspecified atom stereocenters. The lowest BCUT2D eigenvalue weighted by atomic mass is 10.4. The molecule has 0 aromatic carbocycles. The molecule has 1 rings (SSSR count). The summed E-state index contributed by atoms with van der Waals surface area (Å²) in [6.07, 6.45) is 1.37. The minimum absolute atomic E-state index is 0.0929. The lowest BCUT2D eigenvalue weighted by molar-refractivity contribution is 0.602. The number of alkyl halides is 1. The topological polar surface area (TPSA) is 67.8 Å². The summed E-state index contributed by atoms with van der Waals surface area (Å²) >= 11 is 5.53. The lowest BCUT2D eigenvalue weighted by Gasteiger charge is -2.05. The van der Waals surface area contributed by atoms with E-state index in [0.29, 0.717) is 0 Å². The van der Waals surface area contributed by atoms with Crippen LogP contribution in [0, 0.1) is 11.3 Å². The molecule has 0 amide bonds. The third kappa shape index (κ3) is 2.03. The maximum absolute atomic E-state index is 11.4. The molecule has 1 atom stereocenters. The van der Waals surface area contributed by atoms with Gasteiger partial charge in [0, 0.05) is 19.3 Å². The fourth-order valence-corrected chi connectivity index (χ4v) is 1.12. The Balaban J connectivity index is 3.22. The summed E-state index contributed by atoms with van der Waals surface area (Å²) < 4.78 is 2.18. The average molecular weight is 214 g/mol. The number of aromatic nitrogens is 2. The van der Waals surface area contributed by atoms with Crippen molar-refractivity contribution in [3.05, 3.63) is 33.1 Å². The number of hydrogen-bond donors (Lipinski definition) is 0. The molecular formula is C8H8ClN3O2. The van der Waals surface area contributed by atoms with E-state index in [2.05, 4.69) is 0 Å². The molecule has 1 heterocycles. The number of hydrogen-bond acceptors (Lipinski definition) is 3. The summed E-state index contributed by atoms with van der Waals surface area (Å²) in [5, 5.41) is 7.57. The van der Waals surface area contributed by atoms with Gasteiger partial charge in [0.25, 0.3) is 5.56 Å². The summed E-state index contributed by atoms with van der Waals surface area (Å²) in [5.41, 5.74) is -0.924. The molecule has 0 saturated heterocycles. The van der Waals surface area contributed by atoms with E-state index in [1.807, 2.05) is 0 Å². The van der Waals surface area contributed by atoms with Gasteiger partial charge < -0.3 is 4.57 Å². The SMILES string of the molecule is Cn1ccc(=O)n(CC(Cl)C#N)c1=O. The summed E-state index contributed by atoms with van der Waals surface area (Å²) in [7, 11) is 1.52. The van der Waals surface area contributed by atoms with Gasteiger partial charge in [-0.15, -0.1) is 11.6 Å². The van der Waals surface area contributed by atoms with Gasteiger partial charge in [-0.3, -0.25) is 9.36 Å². The van der Waals surface area contributed by atoms with Crippen molar-refractivity contribution < 1.29 is 0 Å². The van der Waals surface area contributed by atoms with Crippen molar-refractivity contribution in [2.45, 2.75) is 11.9 Å². The van der Waals surface area contributed by atoms with Gasteiger partial charge in [-0.25, -0.2) is 4.79 Å². The Bertz CT molecular complexity index is 483. The Kier molecular flexibility index (Phi) is 3.10. The zero-order chi connectivity index (χ0) is 10.7. The predicted octanol–water partition coefficient (Wildman–Crippen LogP) is -0.322. The van der Waals surface area contributed by atoms with Gasteiger partial charge in [0.1, 0.15) is 5.38 Å². The molecule has 0 radical (unpaired) electrons. The van der Waals surface area contributed by atoms with Crippen molar-refractivity contribution in [3.8, 4) is 6.07 Å². The first-order chi connectivity index (χ1) is 6.56. The van der Waals surface area contributed by atoms with Crippen molar-refractivity contribution >= 4 is 11.6 Å². The van der Waals surface area contributed by atoms with Crippen LogP contribution in [0.1, 0.15) is 0 Å². The average Bonchev–Trinajstić information content (AvgIpc) is 2.18. The van der Waals surface area contributed by atoms with E-state index in [1.165, 1.54) is 23.9 Å². The minimum Gasteiger partial charge on any atom is -0.303 e. The maximum atomic E-state index is 11.4. The van der Waals surface area contributed by atoms with E-state index in [0.717, 1.165) is 4.57 Å². The summed E-state index contributed by atoms with van der Waals surface area (Å²) in [5.74, 6) is 0. The third-order valence-electron chi connectivity index (χ3n) is 1.72. The van der Waals surface area contributed by atoms with E-state index >= 15 is 0 Å². The van der Waals surface area contributed by atoms with E-state index in [4.69, 9.17) is 16.9 Å². The van der Waals surface area contributed by atoms with Crippen LogP contribution in [0.4, 0.5) is 0 Å². The molecule has 14 heavy (non-hydrogen) atoms. The van der Waals surface area contributed by atoms with Crippen LogP contribution in [-0.4, -0.2) is 14.5 Å². The van der Waals surface area contributed by atoms with E-state index in [9.17, 15) is 9.59 Å². The van der Waals surface area contributed by atoms with Crippen molar-refractivity contribution in [1.82, 2.24) is 9.13 Å². The Labute approximate surface area is 84.8 Å². The van der Waals surface area contributed by atoms with Crippen LogP contribution in [0.5, 0.6) is 0 Å². The standard InChI is InChI=1S/C8H8ClN3O2/c1-11-3-2-7(13)12(8(11)14)5-6(9)4-10/h2-3,6H,5H2,1H3. The normalized spacial score (nSPS) is 12.1. The number of aryl methyl sites for hydroxylation is 1. The molecule has 5 nitrogen and oxygen atoms in total. The van der Waals surface area contributed by atoms with Crippen LogP contribution in [0.3, 0.4) is 0 Å². The molecule has 0 fully saturated rings. The van der Waals surface area contributed by atoms with Crippen molar-refractivity contribution in [2.75, 3.05) is 0 Å². The first-order valence-corrected chi connectivity index (χ1v) is 4.30. The van der Waals surface area contributed by atoms with Gasteiger partial charge >= 0.3 is 5.69 Å². The highest BCUT2D eigenvalue weighted by molar-refractivity contribution is 6.22. The minimum atomic E-state index is -0.872. The number of nitrogens with zero attached hydrogens (tertiary/aromatic N) is 3. The monoisotopic (exact) mass is 213 g/mol. The number of nitriles is 1. The van der Waals surface area contributed by atoms with Gasteiger partial charge in [0.2, 0.25) is 0 Å². The molecule has 0 saturated carbocycles. The molecule has 0 aliphatic rings. The summed E-state index contributed by atoms with van der Waals surface area (Å²) in [6.45, 7) is -0.0929. The van der Waals surface area contributed by atoms with Crippen molar-refractivity contribution in [3.63, 3.8) is 0 Å². The summed E-state index contributed by atoms with van der Waals surface area (Å²) in [4.78, 5) is 22.6. The van der Waals surface area contributed by atoms with Gasteiger partial charge in [-0.05, 0) is 0 Å². The van der Waals surface area contributed by atoms with Crippen LogP contribution >= 0.6 is 11.6 Å². The maximum Gasteiger partial charge on any atom is 0.330 e. The first-order valence-electron chi connectivity index (χ1n) is 3.86. The summed E-state index contributed by atoms with van der Waals surface area (Å²) in [6, 6.07) is 3.00. The zero-order valence-corrected chi connectivity index (χ0v) is 8.23. The quantitative estimate of drug-likeness (QED) is 0.633. The second-order valence-corrected chi connectivity index (χ2v) is 3.28. The second kappa shape index (κ2) is 4.11. The highest BCUT2D eigenvalue weighted by Crippen LogP contribution is 1.93. The van der Waals surface area contributed by atoms with Crippen LogP contribution in [0.2, 0.25) is 0 Å². The van der Waals surface area contributed by atoms with Crippen LogP contribution in [0.25, 0.3) is 0 Å². The molecule has 1 aromatic rings. The van der Waals surface area contributed by atoms with Crippen molar-refractivity contribution in [2.24, 2.45) is 7.05 Å². The third-order valence-corrected chi connectivity index (χ3v) is 1.96. The molecule has 0 bridgehead atoms. The largest absolute Gasteiger partial charge is 0.330 e. The molecule has 0 spiro atoms. The molecule has 0 N–H and O–H groups in total. The molecule has 6 heteroatoms. The Morgan fingerprint density at radius 2 is 2.29 bits per heavy atom. The lowest BCUT2D eigenvalue weighted by Crippen LogP contribution is -2.39. The van der Waals surface area contributed by atoms with Crippen LogP contribution < -0.4 is 11.2 Å². The van der Waals surface area contributed by atoms with E-state index in [-0.39, 0.29) is 6.54 Å². The highest BCUT2D eigenvalue weighted by atomic mass is 35.5. The van der Waals surface area contributed by atoms with Crippen LogP contribution in [-0.2, 0) is 13.6 Å². The molecule has 74 valence electrons. The Morgan fingerprint density at radius 1 is 1.64 bits per heavy atom. The Hall–Kier alpha value is -1.54. The van der Waals surface area contributed by atoms with Crippen LogP contribution in [0.15, 0.2) is 21.9 Å². The second-order valence-electron chi connectivity index (χ2n) is 2.75. The van der Waals surface area contributed by atoms with Crippen molar-refractivity contribution in [1.29, 1.82) is 5.26 Å². The van der Waals surface area contributed by atoms with E-state index in [1.54, 1.807) is 6.07 Å². The van der Waals surface area contributed by atoms with Gasteiger partial charge in [-0.2, -0.15) is 5.26 Å². The number of rotatable bonds is 2. The van der Waals surface area contributed by atoms with Gasteiger partial charge in [0.05, 0.1) is 12.6 Å². The molecular weight excluding hydrogens is 206 g/mol. The predicted molar refractivity (Wildman–Crippen MR) is 51.2 cm³/mol. The van der Waals surface area contributed by atoms with E-state index < -0.39 is 16.6 Å². The number of halogens is 1. The fraction of sp³-hybridized carbons (Fsp3) is 0.375. The van der Waals surface area contributed by atoms with Gasteiger partial charge in [0.15, 0.2) is 0 Å². The Morgan fingerprint density at radius 3 is 2.86 bits per heavy atom.